The molecule has 20 heavy (non-hydrogen) atoms. The van der Waals surface area contributed by atoms with Crippen molar-refractivity contribution in [3.63, 3.8) is 0 Å². The number of hydrogen-bond donors (Lipinski definition) is 3. The summed E-state index contributed by atoms with van der Waals surface area (Å²) in [7, 11) is 0. The summed E-state index contributed by atoms with van der Waals surface area (Å²) in [4.78, 5) is 15.8. The Balaban J connectivity index is 0.00000361. The van der Waals surface area contributed by atoms with E-state index in [2.05, 4.69) is 22.5 Å². The van der Waals surface area contributed by atoms with E-state index in [1.807, 2.05) is 0 Å². The molecule has 1 saturated carbocycles. The van der Waals surface area contributed by atoms with Crippen LogP contribution in [0.25, 0.3) is 0 Å². The average Bonchev–Trinajstić information content (AvgIpc) is 2.88. The molecule has 1 rings (SSSR count). The van der Waals surface area contributed by atoms with Gasteiger partial charge in [0.15, 0.2) is 5.96 Å². The van der Waals surface area contributed by atoms with Crippen LogP contribution in [0.1, 0.15) is 51.9 Å². The number of guanidine groups is 1. The predicted octanol–water partition coefficient (Wildman–Crippen LogP) is 2.01. The zero-order chi connectivity index (χ0) is 13.9. The van der Waals surface area contributed by atoms with Gasteiger partial charge in [-0.25, -0.2) is 0 Å². The number of nitrogens with two attached hydrogens (primary N) is 1. The first-order valence-electron chi connectivity index (χ1n) is 7.53. The van der Waals surface area contributed by atoms with Crippen molar-refractivity contribution in [2.45, 2.75) is 51.9 Å². The number of nitrogens with zero attached hydrogens (tertiary/aromatic N) is 1. The van der Waals surface area contributed by atoms with Crippen molar-refractivity contribution < 1.29 is 4.79 Å². The number of halogens is 1. The molecule has 0 saturated heterocycles. The fourth-order valence-corrected chi connectivity index (χ4v) is 2.35. The smallest absolute Gasteiger partial charge is 0.220 e. The lowest BCUT2D eigenvalue weighted by molar-refractivity contribution is -0.121. The number of carbonyl (C=O) groups excluding carboxylic acids is 1. The molecule has 0 spiro atoms. The molecular formula is C14H29IN4O. The zero-order valence-corrected chi connectivity index (χ0v) is 14.8. The average molecular weight is 396 g/mol. The van der Waals surface area contributed by atoms with E-state index in [1.54, 1.807) is 0 Å². The second kappa shape index (κ2) is 12.2. The van der Waals surface area contributed by atoms with E-state index in [0.717, 1.165) is 19.4 Å². The van der Waals surface area contributed by atoms with Crippen LogP contribution >= 0.6 is 24.0 Å². The first-order valence-corrected chi connectivity index (χ1v) is 7.53. The van der Waals surface area contributed by atoms with Gasteiger partial charge in [-0.1, -0.05) is 26.2 Å². The van der Waals surface area contributed by atoms with Crippen LogP contribution in [0, 0.1) is 5.92 Å². The molecule has 0 unspecified atom stereocenters. The van der Waals surface area contributed by atoms with Crippen molar-refractivity contribution in [1.82, 2.24) is 10.6 Å². The van der Waals surface area contributed by atoms with Crippen LogP contribution in [0.15, 0.2) is 4.99 Å². The van der Waals surface area contributed by atoms with Gasteiger partial charge in [-0.15, -0.1) is 24.0 Å². The van der Waals surface area contributed by atoms with Gasteiger partial charge in [0.1, 0.15) is 0 Å². The molecule has 0 aromatic rings. The van der Waals surface area contributed by atoms with Crippen LogP contribution in [-0.2, 0) is 4.79 Å². The van der Waals surface area contributed by atoms with Gasteiger partial charge in [0, 0.05) is 26.1 Å². The Morgan fingerprint density at radius 1 is 1.25 bits per heavy atom. The SMILES string of the molecule is CCCCN=C(N)NCCNC(=O)CC1CCCC1.I. The highest BCUT2D eigenvalue weighted by molar-refractivity contribution is 14.0. The minimum atomic E-state index is 0. The number of rotatable bonds is 8. The molecular weight excluding hydrogens is 367 g/mol. The molecule has 1 fully saturated rings. The van der Waals surface area contributed by atoms with Crippen molar-refractivity contribution in [2.75, 3.05) is 19.6 Å². The van der Waals surface area contributed by atoms with Crippen molar-refractivity contribution >= 4 is 35.8 Å². The lowest BCUT2D eigenvalue weighted by Crippen LogP contribution is -2.38. The molecule has 118 valence electrons. The van der Waals surface area contributed by atoms with Gasteiger partial charge in [0.05, 0.1) is 0 Å². The van der Waals surface area contributed by atoms with Crippen molar-refractivity contribution in [1.29, 1.82) is 0 Å². The highest BCUT2D eigenvalue weighted by Crippen LogP contribution is 2.27. The molecule has 0 radical (unpaired) electrons. The fourth-order valence-electron chi connectivity index (χ4n) is 2.35. The Kier molecular flexibility index (Phi) is 11.9. The number of hydrogen-bond acceptors (Lipinski definition) is 2. The minimum absolute atomic E-state index is 0. The summed E-state index contributed by atoms with van der Waals surface area (Å²) in [5, 5.41) is 5.92. The Bertz CT molecular complexity index is 291. The van der Waals surface area contributed by atoms with E-state index in [9.17, 15) is 4.79 Å². The van der Waals surface area contributed by atoms with E-state index in [-0.39, 0.29) is 29.9 Å². The Morgan fingerprint density at radius 3 is 2.55 bits per heavy atom. The number of nitrogens with one attached hydrogen (secondary N) is 2. The first kappa shape index (κ1) is 19.5. The molecule has 0 aliphatic heterocycles. The van der Waals surface area contributed by atoms with E-state index >= 15 is 0 Å². The molecule has 6 heteroatoms. The summed E-state index contributed by atoms with van der Waals surface area (Å²) in [5.41, 5.74) is 5.69. The number of amides is 1. The van der Waals surface area contributed by atoms with Crippen LogP contribution in [0.2, 0.25) is 0 Å². The Hall–Kier alpha value is -0.530. The third-order valence-corrected chi connectivity index (χ3v) is 3.50. The maximum absolute atomic E-state index is 11.7. The van der Waals surface area contributed by atoms with Crippen molar-refractivity contribution in [3.8, 4) is 0 Å². The molecule has 1 amide bonds. The van der Waals surface area contributed by atoms with E-state index in [1.165, 1.54) is 25.7 Å². The molecule has 0 heterocycles. The maximum Gasteiger partial charge on any atom is 0.220 e. The van der Waals surface area contributed by atoms with Crippen LogP contribution in [-0.4, -0.2) is 31.5 Å². The summed E-state index contributed by atoms with van der Waals surface area (Å²) >= 11 is 0. The largest absolute Gasteiger partial charge is 0.370 e. The molecule has 0 bridgehead atoms. The zero-order valence-electron chi connectivity index (χ0n) is 12.5. The standard InChI is InChI=1S/C14H28N4O.HI/c1-2-3-8-17-14(15)18-10-9-16-13(19)11-12-6-4-5-7-12;/h12H,2-11H2,1H3,(H,16,19)(H3,15,17,18);1H. The number of unbranched alkanes of at least 4 members (excludes halogenated alkanes) is 1. The lowest BCUT2D eigenvalue weighted by atomic mass is 10.0. The van der Waals surface area contributed by atoms with Gasteiger partial charge in [0.25, 0.3) is 0 Å². The van der Waals surface area contributed by atoms with Crippen LogP contribution in [0.4, 0.5) is 0 Å². The fraction of sp³-hybridized carbons (Fsp3) is 0.857. The van der Waals surface area contributed by atoms with E-state index in [4.69, 9.17) is 5.73 Å². The molecule has 1 aliphatic carbocycles. The molecule has 0 aromatic carbocycles. The van der Waals surface area contributed by atoms with Gasteiger partial charge in [0.2, 0.25) is 5.91 Å². The van der Waals surface area contributed by atoms with E-state index < -0.39 is 0 Å². The third kappa shape index (κ3) is 9.39. The summed E-state index contributed by atoms with van der Waals surface area (Å²) in [5.74, 6) is 1.24. The van der Waals surface area contributed by atoms with Gasteiger partial charge in [-0.05, 0) is 25.2 Å². The minimum Gasteiger partial charge on any atom is -0.370 e. The molecule has 4 N–H and O–H groups in total. The lowest BCUT2D eigenvalue weighted by Gasteiger charge is -2.10. The third-order valence-electron chi connectivity index (χ3n) is 3.50. The summed E-state index contributed by atoms with van der Waals surface area (Å²) in [6.07, 6.45) is 7.84. The summed E-state index contributed by atoms with van der Waals surface area (Å²) < 4.78 is 0. The Morgan fingerprint density at radius 2 is 1.90 bits per heavy atom. The number of aliphatic imine (C=N–C) groups is 1. The van der Waals surface area contributed by atoms with Gasteiger partial charge >= 0.3 is 0 Å². The van der Waals surface area contributed by atoms with Crippen molar-refractivity contribution in [2.24, 2.45) is 16.6 Å². The second-order valence-electron chi connectivity index (χ2n) is 5.25. The van der Waals surface area contributed by atoms with Crippen LogP contribution in [0.3, 0.4) is 0 Å². The second-order valence-corrected chi connectivity index (χ2v) is 5.25. The molecule has 0 atom stereocenters. The Labute approximate surface area is 139 Å². The summed E-state index contributed by atoms with van der Waals surface area (Å²) in [6.45, 7) is 4.13. The van der Waals surface area contributed by atoms with Gasteiger partial charge in [-0.2, -0.15) is 0 Å². The molecule has 0 aromatic heterocycles. The monoisotopic (exact) mass is 396 g/mol. The van der Waals surface area contributed by atoms with Crippen LogP contribution in [0.5, 0.6) is 0 Å². The molecule has 1 aliphatic rings. The summed E-state index contributed by atoms with van der Waals surface area (Å²) in [6, 6.07) is 0. The van der Waals surface area contributed by atoms with Gasteiger partial charge < -0.3 is 16.4 Å². The quantitative estimate of drug-likeness (QED) is 0.254. The van der Waals surface area contributed by atoms with Crippen LogP contribution < -0.4 is 16.4 Å². The topological polar surface area (TPSA) is 79.5 Å². The highest BCUT2D eigenvalue weighted by atomic mass is 127. The first-order chi connectivity index (χ1) is 9.22. The van der Waals surface area contributed by atoms with Gasteiger partial charge in [-0.3, -0.25) is 9.79 Å². The molecule has 5 nitrogen and oxygen atoms in total. The predicted molar refractivity (Wildman–Crippen MR) is 94.4 cm³/mol. The number of carbonyl (C=O) groups is 1. The van der Waals surface area contributed by atoms with E-state index in [0.29, 0.717) is 31.4 Å². The normalized spacial score (nSPS) is 15.8. The maximum atomic E-state index is 11.7. The highest BCUT2D eigenvalue weighted by Gasteiger charge is 2.17. The van der Waals surface area contributed by atoms with Crippen molar-refractivity contribution in [3.05, 3.63) is 0 Å².